The molecular formula is C21H21BrCl2N2O4. The van der Waals surface area contributed by atoms with Gasteiger partial charge in [0, 0.05) is 9.50 Å². The molecule has 9 heteroatoms. The summed E-state index contributed by atoms with van der Waals surface area (Å²) in [5, 5.41) is 5.94. The van der Waals surface area contributed by atoms with Gasteiger partial charge < -0.3 is 15.4 Å². The largest absolute Gasteiger partial charge is 0.451 e. The van der Waals surface area contributed by atoms with Gasteiger partial charge in [-0.3, -0.25) is 9.59 Å². The van der Waals surface area contributed by atoms with Crippen LogP contribution in [0.25, 0.3) is 0 Å². The third-order valence-electron chi connectivity index (χ3n) is 4.18. The normalized spacial score (nSPS) is 12.8. The molecule has 30 heavy (non-hydrogen) atoms. The van der Waals surface area contributed by atoms with Crippen molar-refractivity contribution in [3.63, 3.8) is 0 Å². The minimum absolute atomic E-state index is 0.259. The predicted octanol–water partition coefficient (Wildman–Crippen LogP) is 5.08. The summed E-state index contributed by atoms with van der Waals surface area (Å²) in [4.78, 5) is 37.6. The fourth-order valence-corrected chi connectivity index (χ4v) is 3.41. The summed E-state index contributed by atoms with van der Waals surface area (Å²) in [6.07, 6.45) is -1.11. The van der Waals surface area contributed by atoms with E-state index in [1.54, 1.807) is 50.2 Å². The highest BCUT2D eigenvalue weighted by Gasteiger charge is 2.29. The second-order valence-corrected chi connectivity index (χ2v) is 8.57. The third-order valence-corrected chi connectivity index (χ3v) is 5.42. The molecular weight excluding hydrogens is 495 g/mol. The van der Waals surface area contributed by atoms with Crippen molar-refractivity contribution in [2.45, 2.75) is 32.9 Å². The summed E-state index contributed by atoms with van der Waals surface area (Å²) >= 11 is 15.2. The van der Waals surface area contributed by atoms with Gasteiger partial charge in [-0.2, -0.15) is 0 Å². The van der Waals surface area contributed by atoms with Gasteiger partial charge in [-0.05, 0) is 59.1 Å². The Labute approximate surface area is 193 Å². The number of hydrogen-bond donors (Lipinski definition) is 2. The van der Waals surface area contributed by atoms with E-state index in [-0.39, 0.29) is 10.9 Å². The van der Waals surface area contributed by atoms with E-state index in [1.165, 1.54) is 13.0 Å². The Balaban J connectivity index is 2.03. The van der Waals surface area contributed by atoms with Crippen LogP contribution < -0.4 is 10.6 Å². The van der Waals surface area contributed by atoms with Crippen LogP contribution in [0, 0.1) is 5.92 Å². The maximum absolute atomic E-state index is 12.6. The maximum atomic E-state index is 12.6. The van der Waals surface area contributed by atoms with Crippen molar-refractivity contribution in [2.75, 3.05) is 5.32 Å². The maximum Gasteiger partial charge on any atom is 0.329 e. The van der Waals surface area contributed by atoms with E-state index < -0.39 is 29.9 Å². The van der Waals surface area contributed by atoms with Crippen LogP contribution in [0.1, 0.15) is 31.1 Å². The summed E-state index contributed by atoms with van der Waals surface area (Å²) in [7, 11) is 0. The average Bonchev–Trinajstić information content (AvgIpc) is 2.67. The molecule has 2 aromatic carbocycles. The number of anilines is 1. The molecule has 0 bridgehead atoms. The Morgan fingerprint density at radius 3 is 2.30 bits per heavy atom. The van der Waals surface area contributed by atoms with Gasteiger partial charge in [-0.25, -0.2) is 4.79 Å². The molecule has 0 spiro atoms. The number of benzene rings is 2. The van der Waals surface area contributed by atoms with Crippen molar-refractivity contribution in [1.82, 2.24) is 5.32 Å². The molecule has 0 saturated heterocycles. The second-order valence-electron chi connectivity index (χ2n) is 6.87. The minimum atomic E-state index is -1.11. The standard InChI is InChI=1S/C21H21BrCl2N2O4/c1-11(2)18(26-20(28)14-6-4-5-7-15(14)22)21(29)30-12(3)19(27)25-17-9-8-13(23)10-16(17)24/h4-12,18H,1-3H3,(H,25,27)(H,26,28)/t12?,18-/m0/s1. The lowest BCUT2D eigenvalue weighted by Gasteiger charge is -2.23. The lowest BCUT2D eigenvalue weighted by molar-refractivity contribution is -0.156. The van der Waals surface area contributed by atoms with Crippen LogP contribution in [0.4, 0.5) is 5.69 Å². The first-order chi connectivity index (χ1) is 14.1. The number of nitrogens with one attached hydrogen (secondary N) is 2. The number of rotatable bonds is 7. The first kappa shape index (κ1) is 24.2. The topological polar surface area (TPSA) is 84.5 Å². The van der Waals surface area contributed by atoms with Gasteiger partial charge in [0.2, 0.25) is 0 Å². The van der Waals surface area contributed by atoms with E-state index >= 15 is 0 Å². The van der Waals surface area contributed by atoms with Crippen LogP contribution >= 0.6 is 39.1 Å². The van der Waals surface area contributed by atoms with Crippen LogP contribution in [-0.4, -0.2) is 29.9 Å². The third kappa shape index (κ3) is 6.45. The molecule has 2 atom stereocenters. The van der Waals surface area contributed by atoms with Crippen LogP contribution in [0.5, 0.6) is 0 Å². The number of ether oxygens (including phenoxy) is 1. The van der Waals surface area contributed by atoms with Crippen LogP contribution in [0.15, 0.2) is 46.9 Å². The van der Waals surface area contributed by atoms with Gasteiger partial charge in [0.05, 0.1) is 16.3 Å². The SMILES string of the molecule is CC(OC(=O)[C@@H](NC(=O)c1ccccc1Br)C(C)C)C(=O)Nc1ccc(Cl)cc1Cl. The van der Waals surface area contributed by atoms with Crippen molar-refractivity contribution >= 4 is 62.6 Å². The molecule has 0 aliphatic heterocycles. The van der Waals surface area contributed by atoms with E-state index in [4.69, 9.17) is 27.9 Å². The molecule has 2 N–H and O–H groups in total. The highest BCUT2D eigenvalue weighted by molar-refractivity contribution is 9.10. The molecule has 2 aromatic rings. The first-order valence-electron chi connectivity index (χ1n) is 9.12. The van der Waals surface area contributed by atoms with Crippen molar-refractivity contribution in [3.8, 4) is 0 Å². The molecule has 0 fully saturated rings. The first-order valence-corrected chi connectivity index (χ1v) is 10.7. The number of carbonyl (C=O) groups excluding carboxylic acids is 3. The minimum Gasteiger partial charge on any atom is -0.451 e. The number of amides is 2. The Kier molecular flexibility index (Phi) is 8.70. The fraction of sp³-hybridized carbons (Fsp3) is 0.286. The van der Waals surface area contributed by atoms with Gasteiger partial charge in [0.15, 0.2) is 6.10 Å². The summed E-state index contributed by atoms with van der Waals surface area (Å²) in [5.74, 6) is -1.96. The quantitative estimate of drug-likeness (QED) is 0.503. The molecule has 2 rings (SSSR count). The van der Waals surface area contributed by atoms with E-state index in [0.717, 1.165) is 0 Å². The number of carbonyl (C=O) groups is 3. The number of halogens is 3. The van der Waals surface area contributed by atoms with Gasteiger partial charge >= 0.3 is 5.97 Å². The number of hydrogen-bond acceptors (Lipinski definition) is 4. The fourth-order valence-electron chi connectivity index (χ4n) is 2.49. The zero-order valence-corrected chi connectivity index (χ0v) is 19.6. The molecule has 0 radical (unpaired) electrons. The molecule has 0 saturated carbocycles. The second kappa shape index (κ2) is 10.8. The smallest absolute Gasteiger partial charge is 0.329 e. The van der Waals surface area contributed by atoms with Gasteiger partial charge in [-0.15, -0.1) is 0 Å². The van der Waals surface area contributed by atoms with E-state index in [9.17, 15) is 14.4 Å². The molecule has 1 unspecified atom stereocenters. The molecule has 6 nitrogen and oxygen atoms in total. The van der Waals surface area contributed by atoms with E-state index in [1.807, 2.05) is 0 Å². The molecule has 2 amide bonds. The van der Waals surface area contributed by atoms with Crippen LogP contribution in [-0.2, 0) is 14.3 Å². The van der Waals surface area contributed by atoms with Crippen LogP contribution in [0.3, 0.4) is 0 Å². The van der Waals surface area contributed by atoms with Crippen molar-refractivity contribution in [1.29, 1.82) is 0 Å². The zero-order chi connectivity index (χ0) is 22.4. The Bertz CT molecular complexity index is 952. The lowest BCUT2D eigenvalue weighted by Crippen LogP contribution is -2.47. The summed E-state index contributed by atoms with van der Waals surface area (Å²) in [6.45, 7) is 4.97. The monoisotopic (exact) mass is 514 g/mol. The van der Waals surface area contributed by atoms with Crippen molar-refractivity contribution in [2.24, 2.45) is 5.92 Å². The summed E-state index contributed by atoms with van der Waals surface area (Å²) in [6, 6.07) is 10.5. The summed E-state index contributed by atoms with van der Waals surface area (Å²) in [5.41, 5.74) is 0.732. The molecule has 0 aromatic heterocycles. The molecule has 0 aliphatic rings. The predicted molar refractivity (Wildman–Crippen MR) is 121 cm³/mol. The molecule has 0 aliphatic carbocycles. The van der Waals surface area contributed by atoms with Gasteiger partial charge in [0.1, 0.15) is 6.04 Å². The van der Waals surface area contributed by atoms with Gasteiger partial charge in [-0.1, -0.05) is 49.2 Å². The van der Waals surface area contributed by atoms with E-state index in [0.29, 0.717) is 20.7 Å². The zero-order valence-electron chi connectivity index (χ0n) is 16.5. The summed E-state index contributed by atoms with van der Waals surface area (Å²) < 4.78 is 5.89. The van der Waals surface area contributed by atoms with Crippen LogP contribution in [0.2, 0.25) is 10.0 Å². The highest BCUT2D eigenvalue weighted by atomic mass is 79.9. The highest BCUT2D eigenvalue weighted by Crippen LogP contribution is 2.25. The lowest BCUT2D eigenvalue weighted by atomic mass is 10.0. The Morgan fingerprint density at radius 2 is 1.70 bits per heavy atom. The Morgan fingerprint density at radius 1 is 1.03 bits per heavy atom. The Hall–Kier alpha value is -2.09. The van der Waals surface area contributed by atoms with Gasteiger partial charge in [0.25, 0.3) is 11.8 Å². The van der Waals surface area contributed by atoms with E-state index in [2.05, 4.69) is 26.6 Å². The number of esters is 1. The van der Waals surface area contributed by atoms with Crippen molar-refractivity contribution < 1.29 is 19.1 Å². The molecule has 160 valence electrons. The van der Waals surface area contributed by atoms with Crippen molar-refractivity contribution in [3.05, 3.63) is 62.5 Å². The molecule has 0 heterocycles. The average molecular weight is 516 g/mol.